The van der Waals surface area contributed by atoms with Crippen molar-refractivity contribution in [3.8, 4) is 0 Å². The third-order valence-corrected chi connectivity index (χ3v) is 3.47. The van der Waals surface area contributed by atoms with Crippen LogP contribution in [0.5, 0.6) is 0 Å². The summed E-state index contributed by atoms with van der Waals surface area (Å²) in [5.41, 5.74) is 2.30. The van der Waals surface area contributed by atoms with Gasteiger partial charge < -0.3 is 5.43 Å². The third-order valence-electron chi connectivity index (χ3n) is 2.01. The fourth-order valence-corrected chi connectivity index (χ4v) is 2.21. The Morgan fingerprint density at radius 3 is 2.88 bits per heavy atom. The molecule has 0 aliphatic carbocycles. The van der Waals surface area contributed by atoms with Crippen LogP contribution in [0.25, 0.3) is 0 Å². The van der Waals surface area contributed by atoms with Gasteiger partial charge in [0.1, 0.15) is 5.82 Å². The molecule has 0 aliphatic rings. The predicted octanol–water partition coefficient (Wildman–Crippen LogP) is 0.446. The number of hydrazine groups is 1. The zero-order valence-corrected chi connectivity index (χ0v) is 9.92. The van der Waals surface area contributed by atoms with Crippen molar-refractivity contribution in [3.05, 3.63) is 18.3 Å². The second kappa shape index (κ2) is 5.78. The molecule has 0 bridgehead atoms. The molecular weight excluding hydrogens is 228 g/mol. The Morgan fingerprint density at radius 1 is 1.50 bits per heavy atom. The lowest BCUT2D eigenvalue weighted by Gasteiger charge is -2.06. The van der Waals surface area contributed by atoms with Crippen LogP contribution in [0.15, 0.2) is 23.2 Å². The van der Waals surface area contributed by atoms with Crippen LogP contribution in [0.3, 0.4) is 0 Å². The molecule has 4 N–H and O–H groups in total. The first-order chi connectivity index (χ1) is 7.60. The number of rotatable bonds is 6. The highest BCUT2D eigenvalue weighted by Crippen LogP contribution is 2.11. The number of nitrogens with two attached hydrogens (primary N) is 1. The Labute approximate surface area is 95.3 Å². The van der Waals surface area contributed by atoms with Crippen molar-refractivity contribution in [1.29, 1.82) is 0 Å². The maximum atomic E-state index is 11.8. The lowest BCUT2D eigenvalue weighted by atomic mass is 10.3. The van der Waals surface area contributed by atoms with E-state index >= 15 is 0 Å². The Balaban J connectivity index is 2.81. The van der Waals surface area contributed by atoms with Gasteiger partial charge in [0.25, 0.3) is 0 Å². The maximum Gasteiger partial charge on any atom is 0.240 e. The SMILES string of the molecule is CCCCNS(=O)(=O)c1ccnc(NN)c1. The molecule has 6 nitrogen and oxygen atoms in total. The monoisotopic (exact) mass is 244 g/mol. The van der Waals surface area contributed by atoms with Crippen LogP contribution in [-0.4, -0.2) is 19.9 Å². The molecule has 1 rings (SSSR count). The minimum atomic E-state index is -3.45. The van der Waals surface area contributed by atoms with E-state index in [2.05, 4.69) is 15.1 Å². The van der Waals surface area contributed by atoms with E-state index in [1.807, 2.05) is 6.92 Å². The second-order valence-corrected chi connectivity index (χ2v) is 5.04. The van der Waals surface area contributed by atoms with Crippen molar-refractivity contribution in [1.82, 2.24) is 9.71 Å². The number of hydrogen-bond donors (Lipinski definition) is 3. The Kier molecular flexibility index (Phi) is 4.66. The fraction of sp³-hybridized carbons (Fsp3) is 0.444. The number of hydrogen-bond acceptors (Lipinski definition) is 5. The Bertz CT molecular complexity index is 433. The molecule has 1 aromatic heterocycles. The van der Waals surface area contributed by atoms with E-state index < -0.39 is 10.0 Å². The highest BCUT2D eigenvalue weighted by molar-refractivity contribution is 7.89. The number of nitrogen functional groups attached to an aromatic ring is 1. The molecule has 0 radical (unpaired) electrons. The molecule has 1 aromatic rings. The third kappa shape index (κ3) is 3.44. The average molecular weight is 244 g/mol. The Morgan fingerprint density at radius 2 is 2.25 bits per heavy atom. The summed E-state index contributed by atoms with van der Waals surface area (Å²) in [7, 11) is -3.45. The van der Waals surface area contributed by atoms with E-state index in [0.29, 0.717) is 12.4 Å². The predicted molar refractivity (Wildman–Crippen MR) is 62.1 cm³/mol. The number of aromatic nitrogens is 1. The van der Waals surface area contributed by atoms with Crippen LogP contribution in [0, 0.1) is 0 Å². The molecule has 0 fully saturated rings. The molecule has 16 heavy (non-hydrogen) atoms. The van der Waals surface area contributed by atoms with Crippen LogP contribution in [0.4, 0.5) is 5.82 Å². The number of nitrogens with one attached hydrogen (secondary N) is 2. The molecule has 0 amide bonds. The fourth-order valence-electron chi connectivity index (χ4n) is 1.12. The minimum absolute atomic E-state index is 0.159. The molecule has 90 valence electrons. The van der Waals surface area contributed by atoms with Crippen molar-refractivity contribution in [2.75, 3.05) is 12.0 Å². The summed E-state index contributed by atoms with van der Waals surface area (Å²) in [5.74, 6) is 5.47. The molecule has 1 heterocycles. The first-order valence-corrected chi connectivity index (χ1v) is 6.51. The van der Waals surface area contributed by atoms with E-state index in [9.17, 15) is 8.42 Å². The molecular formula is C9H16N4O2S. The van der Waals surface area contributed by atoms with E-state index in [-0.39, 0.29) is 4.90 Å². The summed E-state index contributed by atoms with van der Waals surface area (Å²) in [6.45, 7) is 2.43. The summed E-state index contributed by atoms with van der Waals surface area (Å²) in [4.78, 5) is 4.00. The van der Waals surface area contributed by atoms with Gasteiger partial charge in [0.15, 0.2) is 0 Å². The molecule has 0 saturated carbocycles. The number of unbranched alkanes of at least 4 members (excludes halogenated alkanes) is 1. The molecule has 0 unspecified atom stereocenters. The standard InChI is InChI=1S/C9H16N4O2S/c1-2-3-5-12-16(14,15)8-4-6-11-9(7-8)13-10/h4,6-7,12H,2-3,5,10H2,1H3,(H,11,13). The van der Waals surface area contributed by atoms with Gasteiger partial charge in [0, 0.05) is 18.8 Å². The van der Waals surface area contributed by atoms with E-state index in [1.165, 1.54) is 18.3 Å². The van der Waals surface area contributed by atoms with Gasteiger partial charge in [-0.1, -0.05) is 13.3 Å². The minimum Gasteiger partial charge on any atom is -0.308 e. The van der Waals surface area contributed by atoms with Crippen LogP contribution < -0.4 is 16.0 Å². The molecule has 0 spiro atoms. The highest BCUT2D eigenvalue weighted by Gasteiger charge is 2.13. The van der Waals surface area contributed by atoms with Crippen molar-refractivity contribution in [2.24, 2.45) is 5.84 Å². The summed E-state index contributed by atoms with van der Waals surface area (Å²) in [5, 5.41) is 0. The van der Waals surface area contributed by atoms with E-state index in [0.717, 1.165) is 12.8 Å². The summed E-state index contributed by atoms with van der Waals surface area (Å²) in [6, 6.07) is 2.81. The van der Waals surface area contributed by atoms with Gasteiger partial charge >= 0.3 is 0 Å². The summed E-state index contributed by atoms with van der Waals surface area (Å²) >= 11 is 0. The summed E-state index contributed by atoms with van der Waals surface area (Å²) < 4.78 is 26.0. The van der Waals surface area contributed by atoms with Crippen LogP contribution in [-0.2, 0) is 10.0 Å². The topological polar surface area (TPSA) is 97.1 Å². The highest BCUT2D eigenvalue weighted by atomic mass is 32.2. The quantitative estimate of drug-likeness (QED) is 0.383. The largest absolute Gasteiger partial charge is 0.308 e. The van der Waals surface area contributed by atoms with Crippen molar-refractivity contribution < 1.29 is 8.42 Å². The molecule has 7 heteroatoms. The molecule has 0 aromatic carbocycles. The van der Waals surface area contributed by atoms with Gasteiger partial charge in [-0.15, -0.1) is 0 Å². The summed E-state index contributed by atoms with van der Waals surface area (Å²) in [6.07, 6.45) is 3.14. The zero-order chi connectivity index (χ0) is 12.0. The van der Waals surface area contributed by atoms with Crippen molar-refractivity contribution in [2.45, 2.75) is 24.7 Å². The van der Waals surface area contributed by atoms with E-state index in [1.54, 1.807) is 0 Å². The van der Waals surface area contributed by atoms with Crippen LogP contribution in [0.2, 0.25) is 0 Å². The number of sulfonamides is 1. The smallest absolute Gasteiger partial charge is 0.240 e. The van der Waals surface area contributed by atoms with Gasteiger partial charge in [0.05, 0.1) is 4.90 Å². The van der Waals surface area contributed by atoms with Gasteiger partial charge in [-0.05, 0) is 12.5 Å². The van der Waals surface area contributed by atoms with Crippen LogP contribution >= 0.6 is 0 Å². The van der Waals surface area contributed by atoms with E-state index in [4.69, 9.17) is 5.84 Å². The number of pyridine rings is 1. The van der Waals surface area contributed by atoms with Crippen LogP contribution in [0.1, 0.15) is 19.8 Å². The van der Waals surface area contributed by atoms with Gasteiger partial charge in [-0.25, -0.2) is 24.0 Å². The maximum absolute atomic E-state index is 11.8. The van der Waals surface area contributed by atoms with Gasteiger partial charge in [0.2, 0.25) is 10.0 Å². The zero-order valence-electron chi connectivity index (χ0n) is 9.10. The average Bonchev–Trinajstić information content (AvgIpc) is 2.29. The lowest BCUT2D eigenvalue weighted by molar-refractivity contribution is 0.578. The first-order valence-electron chi connectivity index (χ1n) is 5.02. The molecule has 0 saturated heterocycles. The molecule has 0 aliphatic heterocycles. The molecule has 0 atom stereocenters. The lowest BCUT2D eigenvalue weighted by Crippen LogP contribution is -2.25. The van der Waals surface area contributed by atoms with Crippen molar-refractivity contribution in [3.63, 3.8) is 0 Å². The number of anilines is 1. The first kappa shape index (κ1) is 12.9. The number of nitrogens with zero attached hydrogens (tertiary/aromatic N) is 1. The second-order valence-electron chi connectivity index (χ2n) is 3.27. The Hall–Kier alpha value is -1.18. The van der Waals surface area contributed by atoms with Crippen molar-refractivity contribution >= 4 is 15.8 Å². The van der Waals surface area contributed by atoms with Gasteiger partial charge in [-0.3, -0.25) is 0 Å². The van der Waals surface area contributed by atoms with Gasteiger partial charge in [-0.2, -0.15) is 0 Å². The normalized spacial score (nSPS) is 11.4.